The van der Waals surface area contributed by atoms with E-state index in [1.807, 2.05) is 4.90 Å². The average molecular weight is 391 g/mol. The summed E-state index contributed by atoms with van der Waals surface area (Å²) in [7, 11) is -1.64. The van der Waals surface area contributed by atoms with Gasteiger partial charge in [-0.3, -0.25) is 9.69 Å². The van der Waals surface area contributed by atoms with Crippen molar-refractivity contribution >= 4 is 21.6 Å². The third kappa shape index (κ3) is 6.19. The first kappa shape index (κ1) is 20.5. The van der Waals surface area contributed by atoms with Crippen LogP contribution in [-0.2, 0) is 14.8 Å². The second kappa shape index (κ2) is 8.74. The summed E-state index contributed by atoms with van der Waals surface area (Å²) in [5.74, 6) is -0.197. The first-order valence-electron chi connectivity index (χ1n) is 8.15. The fourth-order valence-corrected chi connectivity index (χ4v) is 3.59. The summed E-state index contributed by atoms with van der Waals surface area (Å²) in [4.78, 5) is 14.1. The number of nitrogens with zero attached hydrogens (tertiary/aromatic N) is 2. The lowest BCUT2D eigenvalue weighted by Gasteiger charge is -2.35. The van der Waals surface area contributed by atoms with E-state index in [4.69, 9.17) is 0 Å². The minimum Gasteiger partial charge on any atom is -0.435 e. The summed E-state index contributed by atoms with van der Waals surface area (Å²) in [6, 6.07) is 5.64. The van der Waals surface area contributed by atoms with Crippen LogP contribution in [0, 0.1) is 0 Å². The molecule has 146 valence electrons. The summed E-state index contributed by atoms with van der Waals surface area (Å²) in [5, 5.41) is 2.70. The molecule has 1 fully saturated rings. The van der Waals surface area contributed by atoms with E-state index in [0.29, 0.717) is 31.6 Å². The van der Waals surface area contributed by atoms with Crippen LogP contribution in [-0.4, -0.2) is 69.1 Å². The Kier molecular flexibility index (Phi) is 6.90. The Morgan fingerprint density at radius 2 is 1.88 bits per heavy atom. The van der Waals surface area contributed by atoms with Gasteiger partial charge >= 0.3 is 6.61 Å². The van der Waals surface area contributed by atoms with Gasteiger partial charge in [-0.15, -0.1) is 0 Å². The molecule has 1 aromatic carbocycles. The summed E-state index contributed by atoms with van der Waals surface area (Å²) >= 11 is 0. The summed E-state index contributed by atoms with van der Waals surface area (Å²) in [5.41, 5.74) is 0.489. The number of carbonyl (C=O) groups excluding carboxylic acids is 1. The number of carbonyl (C=O) groups is 1. The fraction of sp³-hybridized carbons (Fsp3) is 0.562. The van der Waals surface area contributed by atoms with Crippen molar-refractivity contribution in [1.29, 1.82) is 0 Å². The van der Waals surface area contributed by atoms with Crippen molar-refractivity contribution < 1.29 is 26.7 Å². The normalized spacial score (nSPS) is 16.8. The second-order valence-corrected chi connectivity index (χ2v) is 8.28. The van der Waals surface area contributed by atoms with E-state index < -0.39 is 16.6 Å². The van der Waals surface area contributed by atoms with Crippen molar-refractivity contribution in [2.45, 2.75) is 25.5 Å². The Hall–Kier alpha value is -1.78. The molecule has 1 heterocycles. The molecule has 1 aromatic rings. The monoisotopic (exact) mass is 391 g/mol. The van der Waals surface area contributed by atoms with Gasteiger partial charge in [0.2, 0.25) is 15.9 Å². The maximum atomic E-state index is 12.1. The predicted octanol–water partition coefficient (Wildman–Crippen LogP) is 1.58. The maximum absolute atomic E-state index is 12.1. The van der Waals surface area contributed by atoms with Crippen molar-refractivity contribution in [3.05, 3.63) is 24.3 Å². The number of halogens is 2. The minimum atomic E-state index is -3.22. The summed E-state index contributed by atoms with van der Waals surface area (Å²) in [6.07, 6.45) is 2.51. The van der Waals surface area contributed by atoms with E-state index >= 15 is 0 Å². The lowest BCUT2D eigenvalue weighted by Crippen LogP contribution is -2.47. The molecule has 0 saturated carbocycles. The number of rotatable bonds is 7. The second-order valence-electron chi connectivity index (χ2n) is 6.24. The Balaban J connectivity index is 1.79. The van der Waals surface area contributed by atoms with E-state index in [9.17, 15) is 22.0 Å². The molecule has 0 aliphatic carbocycles. The van der Waals surface area contributed by atoms with Crippen LogP contribution in [0.25, 0.3) is 0 Å². The maximum Gasteiger partial charge on any atom is 0.387 e. The van der Waals surface area contributed by atoms with Gasteiger partial charge in [0.25, 0.3) is 0 Å². The van der Waals surface area contributed by atoms with Crippen molar-refractivity contribution in [2.24, 2.45) is 0 Å². The number of likely N-dealkylation sites (tertiary alicyclic amines) is 1. The highest BCUT2D eigenvalue weighted by Crippen LogP contribution is 2.19. The SMILES string of the molecule is CN(C1CCN(CC(=O)Nc2ccc(OC(F)F)cc2)CC1)S(C)(=O)=O. The molecule has 0 aromatic heterocycles. The van der Waals surface area contributed by atoms with Gasteiger partial charge < -0.3 is 10.1 Å². The third-order valence-electron chi connectivity index (χ3n) is 4.32. The zero-order valence-corrected chi connectivity index (χ0v) is 15.5. The molecule has 2 rings (SSSR count). The summed E-state index contributed by atoms with van der Waals surface area (Å²) in [6.45, 7) is -1.46. The van der Waals surface area contributed by atoms with Crippen LogP contribution in [0.5, 0.6) is 5.75 Å². The molecule has 1 aliphatic heterocycles. The zero-order valence-electron chi connectivity index (χ0n) is 14.7. The van der Waals surface area contributed by atoms with Crippen LogP contribution >= 0.6 is 0 Å². The zero-order chi connectivity index (χ0) is 19.3. The van der Waals surface area contributed by atoms with Crippen molar-refractivity contribution in [2.75, 3.05) is 38.3 Å². The molecule has 1 N–H and O–H groups in total. The van der Waals surface area contributed by atoms with Crippen molar-refractivity contribution in [3.8, 4) is 5.75 Å². The van der Waals surface area contributed by atoms with E-state index in [1.165, 1.54) is 34.8 Å². The number of amides is 1. The Morgan fingerprint density at radius 3 is 2.38 bits per heavy atom. The molecular weight excluding hydrogens is 368 g/mol. The van der Waals surface area contributed by atoms with Crippen LogP contribution in [0.3, 0.4) is 0 Å². The molecule has 1 aliphatic rings. The molecule has 7 nitrogen and oxygen atoms in total. The number of hydrogen-bond donors (Lipinski definition) is 1. The molecular formula is C16H23F2N3O4S. The van der Waals surface area contributed by atoms with E-state index in [1.54, 1.807) is 7.05 Å². The largest absolute Gasteiger partial charge is 0.435 e. The number of benzene rings is 1. The molecule has 0 radical (unpaired) electrons. The van der Waals surface area contributed by atoms with Gasteiger partial charge in [-0.1, -0.05) is 0 Å². The highest BCUT2D eigenvalue weighted by molar-refractivity contribution is 7.88. The van der Waals surface area contributed by atoms with Gasteiger partial charge in [-0.25, -0.2) is 12.7 Å². The van der Waals surface area contributed by atoms with Crippen LogP contribution in [0.4, 0.5) is 14.5 Å². The number of ether oxygens (including phenoxy) is 1. The van der Waals surface area contributed by atoms with Crippen LogP contribution in [0.1, 0.15) is 12.8 Å². The number of piperidine rings is 1. The third-order valence-corrected chi connectivity index (χ3v) is 5.67. The fourth-order valence-electron chi connectivity index (χ4n) is 2.84. The van der Waals surface area contributed by atoms with E-state index in [2.05, 4.69) is 10.1 Å². The van der Waals surface area contributed by atoms with Crippen molar-refractivity contribution in [1.82, 2.24) is 9.21 Å². The van der Waals surface area contributed by atoms with Crippen molar-refractivity contribution in [3.63, 3.8) is 0 Å². The number of alkyl halides is 2. The molecule has 0 atom stereocenters. The van der Waals surface area contributed by atoms with Gasteiger partial charge in [-0.2, -0.15) is 8.78 Å². The Labute approximate surface area is 152 Å². The number of nitrogens with one attached hydrogen (secondary N) is 1. The smallest absolute Gasteiger partial charge is 0.387 e. The first-order valence-corrected chi connectivity index (χ1v) is 10.00. The lowest BCUT2D eigenvalue weighted by atomic mass is 10.1. The molecule has 1 saturated heterocycles. The predicted molar refractivity (Wildman–Crippen MR) is 93.8 cm³/mol. The van der Waals surface area contributed by atoms with Crippen LogP contribution in [0.15, 0.2) is 24.3 Å². The van der Waals surface area contributed by atoms with Gasteiger partial charge in [0.05, 0.1) is 12.8 Å². The van der Waals surface area contributed by atoms with Gasteiger partial charge in [0.1, 0.15) is 5.75 Å². The van der Waals surface area contributed by atoms with Gasteiger partial charge in [0.15, 0.2) is 0 Å². The van der Waals surface area contributed by atoms with Gasteiger partial charge in [0, 0.05) is 31.9 Å². The van der Waals surface area contributed by atoms with Crippen LogP contribution in [0.2, 0.25) is 0 Å². The molecule has 1 amide bonds. The molecule has 0 spiro atoms. The number of sulfonamides is 1. The molecule has 10 heteroatoms. The highest BCUT2D eigenvalue weighted by atomic mass is 32.2. The minimum absolute atomic E-state index is 0.0232. The first-order chi connectivity index (χ1) is 12.1. The molecule has 0 bridgehead atoms. The number of anilines is 1. The standard InChI is InChI=1S/C16H23F2N3O4S/c1-20(26(2,23)24)13-7-9-21(10-8-13)11-15(22)19-12-3-5-14(6-4-12)25-16(17)18/h3-6,13,16H,7-11H2,1-2H3,(H,19,22). The number of hydrogen-bond acceptors (Lipinski definition) is 5. The average Bonchev–Trinajstić information content (AvgIpc) is 2.55. The van der Waals surface area contributed by atoms with E-state index in [0.717, 1.165) is 0 Å². The summed E-state index contributed by atoms with van der Waals surface area (Å²) < 4.78 is 53.0. The molecule has 0 unspecified atom stereocenters. The van der Waals surface area contributed by atoms with Crippen LogP contribution < -0.4 is 10.1 Å². The topological polar surface area (TPSA) is 79.0 Å². The Morgan fingerprint density at radius 1 is 1.31 bits per heavy atom. The van der Waals surface area contributed by atoms with Gasteiger partial charge in [-0.05, 0) is 37.1 Å². The highest BCUT2D eigenvalue weighted by Gasteiger charge is 2.27. The Bertz CT molecular complexity index is 705. The van der Waals surface area contributed by atoms with E-state index in [-0.39, 0.29) is 24.2 Å². The molecule has 26 heavy (non-hydrogen) atoms. The lowest BCUT2D eigenvalue weighted by molar-refractivity contribution is -0.117. The quantitative estimate of drug-likeness (QED) is 0.764.